The molecule has 0 aliphatic carbocycles. The zero-order chi connectivity index (χ0) is 23.7. The van der Waals surface area contributed by atoms with Crippen molar-refractivity contribution in [1.29, 1.82) is 0 Å². The Morgan fingerprint density at radius 3 is 2.65 bits per heavy atom. The normalized spacial score (nSPS) is 20.8. The van der Waals surface area contributed by atoms with Crippen LogP contribution in [0.5, 0.6) is 0 Å². The summed E-state index contributed by atoms with van der Waals surface area (Å²) < 4.78 is 40.6. The molecule has 5 rings (SSSR count). The molecule has 2 fully saturated rings. The van der Waals surface area contributed by atoms with Gasteiger partial charge in [-0.3, -0.25) is 4.98 Å². The number of rotatable bonds is 7. The predicted octanol–water partition coefficient (Wildman–Crippen LogP) is 3.98. The van der Waals surface area contributed by atoms with Crippen LogP contribution in [0.25, 0.3) is 11.5 Å². The second kappa shape index (κ2) is 9.53. The fourth-order valence-corrected chi connectivity index (χ4v) is 5.76. The SMILES string of the molecule is Cn1c(SCCCN2CC3CCN(c4ccc(C(F)(F)F)cc4)[C@@H]3C2)nnc1-c1cnccn1. The van der Waals surface area contributed by atoms with E-state index in [1.807, 2.05) is 11.6 Å². The van der Waals surface area contributed by atoms with Crippen LogP contribution in [-0.2, 0) is 13.2 Å². The van der Waals surface area contributed by atoms with Gasteiger partial charge in [0, 0.05) is 56.6 Å². The molecule has 1 unspecified atom stereocenters. The molecule has 2 saturated heterocycles. The number of hydrogen-bond donors (Lipinski definition) is 0. The summed E-state index contributed by atoms with van der Waals surface area (Å²) in [5.74, 6) is 2.20. The predicted molar refractivity (Wildman–Crippen MR) is 124 cm³/mol. The Morgan fingerprint density at radius 2 is 1.91 bits per heavy atom. The van der Waals surface area contributed by atoms with E-state index in [1.165, 1.54) is 12.1 Å². The zero-order valence-electron chi connectivity index (χ0n) is 18.8. The first-order chi connectivity index (χ1) is 16.4. The minimum Gasteiger partial charge on any atom is -0.367 e. The molecule has 2 atom stereocenters. The standard InChI is InChI=1S/C23H26F3N7S/c1-31-21(19-13-27-8-9-28-19)29-30-22(31)34-12-2-10-32-14-16-7-11-33(20(16)15-32)18-5-3-17(4-6-18)23(24,25)26/h3-6,8-9,13,16,20H,2,7,10-12,14-15H2,1H3/t16?,20-/m1/s1. The molecule has 0 spiro atoms. The van der Waals surface area contributed by atoms with Gasteiger partial charge in [0.05, 0.1) is 11.8 Å². The summed E-state index contributed by atoms with van der Waals surface area (Å²) >= 11 is 1.68. The molecule has 7 nitrogen and oxygen atoms in total. The van der Waals surface area contributed by atoms with Crippen LogP contribution in [0.3, 0.4) is 0 Å². The molecule has 180 valence electrons. The average Bonchev–Trinajstić information content (AvgIpc) is 3.51. The Bertz CT molecular complexity index is 1100. The molecule has 34 heavy (non-hydrogen) atoms. The lowest BCUT2D eigenvalue weighted by atomic mass is 10.0. The maximum absolute atomic E-state index is 12.9. The van der Waals surface area contributed by atoms with Crippen LogP contribution in [-0.4, -0.2) is 67.6 Å². The van der Waals surface area contributed by atoms with E-state index in [0.29, 0.717) is 23.5 Å². The summed E-state index contributed by atoms with van der Waals surface area (Å²) in [6.45, 7) is 3.91. The lowest BCUT2D eigenvalue weighted by Gasteiger charge is -2.27. The van der Waals surface area contributed by atoms with Crippen LogP contribution in [0.15, 0.2) is 48.0 Å². The van der Waals surface area contributed by atoms with Gasteiger partial charge in [-0.05, 0) is 49.6 Å². The van der Waals surface area contributed by atoms with E-state index in [0.717, 1.165) is 55.6 Å². The Kier molecular flexibility index (Phi) is 6.48. The molecule has 3 aromatic rings. The van der Waals surface area contributed by atoms with Crippen molar-refractivity contribution >= 4 is 17.4 Å². The molecule has 0 saturated carbocycles. The topological polar surface area (TPSA) is 63.0 Å². The summed E-state index contributed by atoms with van der Waals surface area (Å²) in [6, 6.07) is 5.98. The quantitative estimate of drug-likeness (QED) is 0.367. The minimum atomic E-state index is -4.30. The number of anilines is 1. The number of nitrogens with zero attached hydrogens (tertiary/aromatic N) is 7. The van der Waals surface area contributed by atoms with E-state index >= 15 is 0 Å². The van der Waals surface area contributed by atoms with E-state index in [1.54, 1.807) is 42.5 Å². The van der Waals surface area contributed by atoms with Gasteiger partial charge in [0.1, 0.15) is 5.69 Å². The second-order valence-corrected chi connectivity index (χ2v) is 9.83. The summed E-state index contributed by atoms with van der Waals surface area (Å²) in [7, 11) is 1.93. The van der Waals surface area contributed by atoms with Gasteiger partial charge in [0.25, 0.3) is 0 Å². The molecular weight excluding hydrogens is 463 g/mol. The highest BCUT2D eigenvalue weighted by atomic mass is 32.2. The van der Waals surface area contributed by atoms with Crippen molar-refractivity contribution in [2.75, 3.05) is 36.8 Å². The maximum atomic E-state index is 12.9. The van der Waals surface area contributed by atoms with Gasteiger partial charge in [-0.15, -0.1) is 10.2 Å². The summed E-state index contributed by atoms with van der Waals surface area (Å²) in [4.78, 5) is 13.1. The van der Waals surface area contributed by atoms with Gasteiger partial charge in [-0.2, -0.15) is 13.2 Å². The number of benzene rings is 1. The Hall–Kier alpha value is -2.66. The van der Waals surface area contributed by atoms with E-state index in [2.05, 4.69) is 30.0 Å². The van der Waals surface area contributed by atoms with Crippen LogP contribution in [0.2, 0.25) is 0 Å². The van der Waals surface area contributed by atoms with Crippen molar-refractivity contribution in [2.45, 2.75) is 30.2 Å². The fourth-order valence-electron chi connectivity index (χ4n) is 4.92. The molecule has 4 heterocycles. The van der Waals surface area contributed by atoms with Crippen LogP contribution in [0, 0.1) is 5.92 Å². The van der Waals surface area contributed by atoms with Crippen molar-refractivity contribution in [3.05, 3.63) is 48.4 Å². The second-order valence-electron chi connectivity index (χ2n) is 8.77. The smallest absolute Gasteiger partial charge is 0.367 e. The first-order valence-electron chi connectivity index (χ1n) is 11.3. The third-order valence-corrected chi connectivity index (χ3v) is 7.73. The summed E-state index contributed by atoms with van der Waals surface area (Å²) in [5, 5.41) is 9.39. The van der Waals surface area contributed by atoms with Crippen molar-refractivity contribution in [3.8, 4) is 11.5 Å². The van der Waals surface area contributed by atoms with Gasteiger partial charge in [0.15, 0.2) is 11.0 Å². The number of aromatic nitrogens is 5. The average molecular weight is 490 g/mol. The molecule has 11 heteroatoms. The van der Waals surface area contributed by atoms with E-state index in [-0.39, 0.29) is 0 Å². The molecule has 2 aliphatic heterocycles. The Morgan fingerprint density at radius 1 is 1.09 bits per heavy atom. The lowest BCUT2D eigenvalue weighted by molar-refractivity contribution is -0.137. The van der Waals surface area contributed by atoms with Gasteiger partial charge in [0.2, 0.25) is 0 Å². The maximum Gasteiger partial charge on any atom is 0.416 e. The van der Waals surface area contributed by atoms with E-state index in [4.69, 9.17) is 0 Å². The Labute approximate surface area is 200 Å². The highest BCUT2D eigenvalue weighted by Gasteiger charge is 2.41. The number of halogens is 3. The van der Waals surface area contributed by atoms with Gasteiger partial charge >= 0.3 is 6.18 Å². The Balaban J connectivity index is 1.11. The van der Waals surface area contributed by atoms with Crippen LogP contribution >= 0.6 is 11.8 Å². The third-order valence-electron chi connectivity index (χ3n) is 6.63. The number of likely N-dealkylation sites (tertiary alicyclic amines) is 1. The molecule has 0 bridgehead atoms. The van der Waals surface area contributed by atoms with Crippen LogP contribution in [0.4, 0.5) is 18.9 Å². The lowest BCUT2D eigenvalue weighted by Crippen LogP contribution is -2.35. The van der Waals surface area contributed by atoms with E-state index < -0.39 is 11.7 Å². The minimum absolute atomic E-state index is 0.373. The highest BCUT2D eigenvalue weighted by Crippen LogP contribution is 2.37. The molecule has 0 N–H and O–H groups in total. The largest absolute Gasteiger partial charge is 0.416 e. The molecule has 0 amide bonds. The number of hydrogen-bond acceptors (Lipinski definition) is 7. The van der Waals surface area contributed by atoms with Crippen molar-refractivity contribution in [1.82, 2.24) is 29.6 Å². The molecule has 1 aromatic carbocycles. The number of fused-ring (bicyclic) bond motifs is 1. The van der Waals surface area contributed by atoms with Crippen LogP contribution < -0.4 is 4.90 Å². The van der Waals surface area contributed by atoms with Gasteiger partial charge in [-0.25, -0.2) is 4.98 Å². The van der Waals surface area contributed by atoms with Gasteiger partial charge < -0.3 is 14.4 Å². The zero-order valence-corrected chi connectivity index (χ0v) is 19.6. The number of thioether (sulfide) groups is 1. The molecule has 0 radical (unpaired) electrons. The molecule has 2 aliphatic rings. The highest BCUT2D eigenvalue weighted by molar-refractivity contribution is 7.99. The molecular formula is C23H26F3N7S. The summed E-state index contributed by atoms with van der Waals surface area (Å²) in [5.41, 5.74) is 0.994. The van der Waals surface area contributed by atoms with Crippen molar-refractivity contribution < 1.29 is 13.2 Å². The third kappa shape index (κ3) is 4.76. The van der Waals surface area contributed by atoms with E-state index in [9.17, 15) is 13.2 Å². The fraction of sp³-hybridized carbons (Fsp3) is 0.478. The number of alkyl halides is 3. The van der Waals surface area contributed by atoms with Crippen molar-refractivity contribution in [2.24, 2.45) is 13.0 Å². The molecule has 2 aromatic heterocycles. The van der Waals surface area contributed by atoms with Crippen molar-refractivity contribution in [3.63, 3.8) is 0 Å². The first kappa shape index (κ1) is 23.1. The van der Waals surface area contributed by atoms with Crippen LogP contribution in [0.1, 0.15) is 18.4 Å². The van der Waals surface area contributed by atoms with Gasteiger partial charge in [-0.1, -0.05) is 11.8 Å². The summed E-state index contributed by atoms with van der Waals surface area (Å²) in [6.07, 6.45) is 2.76. The first-order valence-corrected chi connectivity index (χ1v) is 12.3. The monoisotopic (exact) mass is 489 g/mol.